The van der Waals surface area contributed by atoms with E-state index in [2.05, 4.69) is 36.6 Å². The lowest BCUT2D eigenvalue weighted by Crippen LogP contribution is -2.12. The molecule has 0 aliphatic heterocycles. The molecule has 0 saturated carbocycles. The SMILES string of the molecule is Cc1c(NN)ncnc1Nc1c(F)cc(Br)cc1F. The molecule has 100 valence electrons. The maximum atomic E-state index is 13.7. The Bertz CT molecular complexity index is 597. The molecule has 4 N–H and O–H groups in total. The molecule has 2 aromatic rings. The minimum absolute atomic E-state index is 0.267. The third-order valence-corrected chi connectivity index (χ3v) is 2.93. The molecule has 19 heavy (non-hydrogen) atoms. The Morgan fingerprint density at radius 3 is 2.32 bits per heavy atom. The first kappa shape index (κ1) is 13.6. The van der Waals surface area contributed by atoms with E-state index in [0.29, 0.717) is 15.9 Å². The van der Waals surface area contributed by atoms with Crippen LogP contribution in [0.4, 0.5) is 26.1 Å². The monoisotopic (exact) mass is 329 g/mol. The summed E-state index contributed by atoms with van der Waals surface area (Å²) in [6, 6.07) is 2.31. The van der Waals surface area contributed by atoms with Crippen LogP contribution >= 0.6 is 15.9 Å². The Balaban J connectivity index is 2.42. The Morgan fingerprint density at radius 2 is 1.74 bits per heavy atom. The number of nitrogens with two attached hydrogens (primary N) is 1. The van der Waals surface area contributed by atoms with Gasteiger partial charge in [-0.3, -0.25) is 0 Å². The maximum absolute atomic E-state index is 13.7. The van der Waals surface area contributed by atoms with Crippen LogP contribution in [0.25, 0.3) is 0 Å². The number of nitrogens with zero attached hydrogens (tertiary/aromatic N) is 2. The lowest BCUT2D eigenvalue weighted by atomic mass is 10.2. The second-order valence-corrected chi connectivity index (χ2v) is 4.63. The van der Waals surface area contributed by atoms with Crippen LogP contribution in [-0.4, -0.2) is 9.97 Å². The third kappa shape index (κ3) is 2.79. The Labute approximate surface area is 116 Å². The lowest BCUT2D eigenvalue weighted by molar-refractivity contribution is 0.589. The summed E-state index contributed by atoms with van der Waals surface area (Å²) in [5, 5.41) is 2.59. The topological polar surface area (TPSA) is 75.9 Å². The Hall–Kier alpha value is -1.80. The molecule has 0 radical (unpaired) electrons. The van der Waals surface area contributed by atoms with E-state index in [0.717, 1.165) is 12.1 Å². The van der Waals surface area contributed by atoms with Gasteiger partial charge in [0.2, 0.25) is 0 Å². The van der Waals surface area contributed by atoms with Gasteiger partial charge in [-0.15, -0.1) is 0 Å². The van der Waals surface area contributed by atoms with Crippen molar-refractivity contribution in [1.29, 1.82) is 0 Å². The summed E-state index contributed by atoms with van der Waals surface area (Å²) in [5.74, 6) is 4.45. The van der Waals surface area contributed by atoms with E-state index >= 15 is 0 Å². The van der Waals surface area contributed by atoms with Gasteiger partial charge in [0.15, 0.2) is 11.6 Å². The van der Waals surface area contributed by atoms with E-state index < -0.39 is 11.6 Å². The smallest absolute Gasteiger partial charge is 0.150 e. The molecule has 0 atom stereocenters. The summed E-state index contributed by atoms with van der Waals surface area (Å²) in [6.07, 6.45) is 1.24. The van der Waals surface area contributed by atoms with Crippen molar-refractivity contribution in [2.75, 3.05) is 10.7 Å². The maximum Gasteiger partial charge on any atom is 0.150 e. The summed E-state index contributed by atoms with van der Waals surface area (Å²) in [7, 11) is 0. The van der Waals surface area contributed by atoms with Gasteiger partial charge in [0, 0.05) is 10.0 Å². The van der Waals surface area contributed by atoms with Crippen molar-refractivity contribution in [3.63, 3.8) is 0 Å². The van der Waals surface area contributed by atoms with Crippen molar-refractivity contribution < 1.29 is 8.78 Å². The van der Waals surface area contributed by atoms with Crippen LogP contribution in [-0.2, 0) is 0 Å². The van der Waals surface area contributed by atoms with Crippen LogP contribution in [0.5, 0.6) is 0 Å². The fourth-order valence-electron chi connectivity index (χ4n) is 1.50. The van der Waals surface area contributed by atoms with Crippen LogP contribution in [0.15, 0.2) is 22.9 Å². The highest BCUT2D eigenvalue weighted by Gasteiger charge is 2.13. The van der Waals surface area contributed by atoms with E-state index in [1.54, 1.807) is 6.92 Å². The number of hydrogen-bond acceptors (Lipinski definition) is 5. The van der Waals surface area contributed by atoms with Crippen molar-refractivity contribution in [3.8, 4) is 0 Å². The number of hydrogen-bond donors (Lipinski definition) is 3. The van der Waals surface area contributed by atoms with E-state index in [1.165, 1.54) is 6.33 Å². The minimum atomic E-state index is -0.729. The molecule has 1 heterocycles. The molecule has 0 aliphatic rings. The van der Waals surface area contributed by atoms with Gasteiger partial charge in [0.1, 0.15) is 23.7 Å². The van der Waals surface area contributed by atoms with Gasteiger partial charge < -0.3 is 10.7 Å². The number of rotatable bonds is 3. The van der Waals surface area contributed by atoms with Gasteiger partial charge in [-0.1, -0.05) is 15.9 Å². The molecular weight excluding hydrogens is 320 g/mol. The molecule has 0 bridgehead atoms. The zero-order valence-corrected chi connectivity index (χ0v) is 11.4. The van der Waals surface area contributed by atoms with Gasteiger partial charge >= 0.3 is 0 Å². The van der Waals surface area contributed by atoms with Crippen LogP contribution in [0.3, 0.4) is 0 Å². The van der Waals surface area contributed by atoms with Crippen molar-refractivity contribution in [3.05, 3.63) is 40.1 Å². The molecule has 2 rings (SSSR count). The third-order valence-electron chi connectivity index (χ3n) is 2.47. The highest BCUT2D eigenvalue weighted by molar-refractivity contribution is 9.10. The van der Waals surface area contributed by atoms with Crippen LogP contribution in [0, 0.1) is 18.6 Å². The normalized spacial score (nSPS) is 10.4. The van der Waals surface area contributed by atoms with Crippen molar-refractivity contribution >= 4 is 33.3 Å². The number of benzene rings is 1. The van der Waals surface area contributed by atoms with Crippen molar-refractivity contribution in [2.45, 2.75) is 6.92 Å². The summed E-state index contributed by atoms with van der Waals surface area (Å²) >= 11 is 3.01. The average molecular weight is 330 g/mol. The standard InChI is InChI=1S/C11H10BrF2N5/c1-5-10(16-4-17-11(5)19-15)18-9-7(13)2-6(12)3-8(9)14/h2-4H,15H2,1H3,(H2,16,17,18,19). The van der Waals surface area contributed by atoms with Gasteiger partial charge in [-0.2, -0.15) is 0 Å². The molecule has 0 saturated heterocycles. The number of hydrazine groups is 1. The molecule has 0 fully saturated rings. The molecule has 0 spiro atoms. The summed E-state index contributed by atoms with van der Waals surface area (Å²) in [5.41, 5.74) is 2.64. The average Bonchev–Trinajstić information content (AvgIpc) is 2.35. The number of nitrogens with one attached hydrogen (secondary N) is 2. The highest BCUT2D eigenvalue weighted by atomic mass is 79.9. The predicted octanol–water partition coefficient (Wildman–Crippen LogP) is 2.85. The van der Waals surface area contributed by atoms with Gasteiger partial charge in [-0.25, -0.2) is 24.6 Å². The fourth-order valence-corrected chi connectivity index (χ4v) is 1.90. The summed E-state index contributed by atoms with van der Waals surface area (Å²) < 4.78 is 27.7. The number of anilines is 3. The molecule has 0 aliphatic carbocycles. The second-order valence-electron chi connectivity index (χ2n) is 3.71. The number of nitrogen functional groups attached to an aromatic ring is 1. The van der Waals surface area contributed by atoms with Crippen LogP contribution in [0.1, 0.15) is 5.56 Å². The quantitative estimate of drug-likeness (QED) is 0.596. The minimum Gasteiger partial charge on any atom is -0.335 e. The van der Waals surface area contributed by atoms with E-state index in [-0.39, 0.29) is 11.5 Å². The van der Waals surface area contributed by atoms with E-state index in [1.807, 2.05) is 0 Å². The van der Waals surface area contributed by atoms with E-state index in [4.69, 9.17) is 5.84 Å². The summed E-state index contributed by atoms with van der Waals surface area (Å²) in [4.78, 5) is 7.80. The van der Waals surface area contributed by atoms with Crippen LogP contribution < -0.4 is 16.6 Å². The zero-order chi connectivity index (χ0) is 14.0. The molecule has 8 heteroatoms. The highest BCUT2D eigenvalue weighted by Crippen LogP contribution is 2.28. The fraction of sp³-hybridized carbons (Fsp3) is 0.0909. The molecule has 1 aromatic heterocycles. The predicted molar refractivity (Wildman–Crippen MR) is 71.9 cm³/mol. The first-order chi connectivity index (χ1) is 9.02. The molecule has 0 amide bonds. The number of halogens is 3. The van der Waals surface area contributed by atoms with Gasteiger partial charge in [0.05, 0.1) is 0 Å². The van der Waals surface area contributed by atoms with Crippen molar-refractivity contribution in [2.24, 2.45) is 5.84 Å². The largest absolute Gasteiger partial charge is 0.335 e. The Kier molecular flexibility index (Phi) is 3.91. The first-order valence-electron chi connectivity index (χ1n) is 5.22. The zero-order valence-electron chi connectivity index (χ0n) is 9.84. The van der Waals surface area contributed by atoms with Crippen LogP contribution in [0.2, 0.25) is 0 Å². The molecule has 1 aromatic carbocycles. The van der Waals surface area contributed by atoms with Gasteiger partial charge in [-0.05, 0) is 19.1 Å². The lowest BCUT2D eigenvalue weighted by Gasteiger charge is -2.12. The Morgan fingerprint density at radius 1 is 1.16 bits per heavy atom. The first-order valence-corrected chi connectivity index (χ1v) is 6.02. The van der Waals surface area contributed by atoms with Gasteiger partial charge in [0.25, 0.3) is 0 Å². The second kappa shape index (κ2) is 5.45. The molecule has 0 unspecified atom stereocenters. The summed E-state index contributed by atoms with van der Waals surface area (Å²) in [6.45, 7) is 1.67. The molecule has 5 nitrogen and oxygen atoms in total. The molecular formula is C11H10BrF2N5. The van der Waals surface area contributed by atoms with Crippen molar-refractivity contribution in [1.82, 2.24) is 9.97 Å². The number of aromatic nitrogens is 2. The van der Waals surface area contributed by atoms with E-state index in [9.17, 15) is 8.78 Å².